The number of fused-ring (bicyclic) bond motifs is 1. The Morgan fingerprint density at radius 2 is 2.25 bits per heavy atom. The maximum Gasteiger partial charge on any atom is 0.317 e. The van der Waals surface area contributed by atoms with Crippen LogP contribution in [0.25, 0.3) is 0 Å². The highest BCUT2D eigenvalue weighted by atomic mass is 19.3. The quantitative estimate of drug-likeness (QED) is 0.606. The van der Waals surface area contributed by atoms with Crippen molar-refractivity contribution in [3.8, 4) is 0 Å². The second-order valence-corrected chi connectivity index (χ2v) is 3.42. The highest BCUT2D eigenvalue weighted by Gasteiger charge is 2.85. The molecule has 1 saturated heterocycles. The number of carbonyl (C=O) groups is 1. The Kier molecular flexibility index (Phi) is 1.29. The lowest BCUT2D eigenvalue weighted by atomic mass is 9.99. The summed E-state index contributed by atoms with van der Waals surface area (Å²) >= 11 is 0. The van der Waals surface area contributed by atoms with E-state index in [1.165, 1.54) is 0 Å². The fourth-order valence-electron chi connectivity index (χ4n) is 2.10. The molecule has 0 aromatic rings. The van der Waals surface area contributed by atoms with E-state index in [0.29, 0.717) is 6.54 Å². The summed E-state index contributed by atoms with van der Waals surface area (Å²) in [5.74, 6) is -5.31. The Balaban J connectivity index is 2.30. The summed E-state index contributed by atoms with van der Waals surface area (Å²) in [7, 11) is 0. The minimum absolute atomic E-state index is 0.0972. The van der Waals surface area contributed by atoms with Gasteiger partial charge in [0.2, 0.25) is 0 Å². The topological polar surface area (TPSA) is 49.3 Å². The van der Waals surface area contributed by atoms with E-state index < -0.39 is 23.2 Å². The van der Waals surface area contributed by atoms with Gasteiger partial charge in [0, 0.05) is 12.5 Å². The summed E-state index contributed by atoms with van der Waals surface area (Å²) in [6.45, 7) is 0.398. The maximum atomic E-state index is 13.0. The van der Waals surface area contributed by atoms with Crippen LogP contribution < -0.4 is 5.32 Å². The summed E-state index contributed by atoms with van der Waals surface area (Å²) in [6.07, 6.45) is 0.263. The molecule has 2 atom stereocenters. The summed E-state index contributed by atoms with van der Waals surface area (Å²) in [5, 5.41) is 11.3. The molecule has 2 aliphatic rings. The number of alkyl halides is 2. The molecule has 1 aliphatic heterocycles. The first-order chi connectivity index (χ1) is 5.53. The van der Waals surface area contributed by atoms with Crippen molar-refractivity contribution in [2.45, 2.75) is 12.3 Å². The summed E-state index contributed by atoms with van der Waals surface area (Å²) in [5.41, 5.74) is -1.79. The van der Waals surface area contributed by atoms with Crippen LogP contribution in [0, 0.1) is 11.3 Å². The van der Waals surface area contributed by atoms with E-state index >= 15 is 0 Å². The Morgan fingerprint density at radius 1 is 1.58 bits per heavy atom. The number of nitrogens with one attached hydrogen (secondary N) is 1. The molecule has 68 valence electrons. The zero-order valence-electron chi connectivity index (χ0n) is 6.31. The second kappa shape index (κ2) is 1.96. The highest BCUT2D eigenvalue weighted by Crippen LogP contribution is 2.68. The van der Waals surface area contributed by atoms with Crippen LogP contribution >= 0.6 is 0 Å². The zero-order valence-corrected chi connectivity index (χ0v) is 6.31. The SMILES string of the molecule is O=C(O)[C@]12CNCC[C@H]1C2(F)F. The van der Waals surface area contributed by atoms with Gasteiger partial charge in [0.15, 0.2) is 5.41 Å². The number of carboxylic acid groups (broad SMARTS) is 1. The average Bonchev–Trinajstić information content (AvgIpc) is 2.52. The normalized spacial score (nSPS) is 43.3. The van der Waals surface area contributed by atoms with Crippen LogP contribution in [0.1, 0.15) is 6.42 Å². The minimum Gasteiger partial charge on any atom is -0.481 e. The standard InChI is InChI=1S/C7H9F2NO2/c8-7(9)4-1-2-10-3-6(4,7)5(11)12/h4,10H,1-3H2,(H,11,12)/t4-,6+/m1/s1. The molecule has 0 aromatic carbocycles. The fraction of sp³-hybridized carbons (Fsp3) is 0.857. The van der Waals surface area contributed by atoms with E-state index in [0.717, 1.165) is 0 Å². The van der Waals surface area contributed by atoms with Gasteiger partial charge in [-0.2, -0.15) is 0 Å². The number of rotatable bonds is 1. The van der Waals surface area contributed by atoms with Gasteiger partial charge in [-0.25, -0.2) is 8.78 Å². The van der Waals surface area contributed by atoms with Gasteiger partial charge in [0.1, 0.15) is 0 Å². The van der Waals surface area contributed by atoms with Crippen molar-refractivity contribution in [1.82, 2.24) is 5.32 Å². The van der Waals surface area contributed by atoms with Gasteiger partial charge in [-0.15, -0.1) is 0 Å². The van der Waals surface area contributed by atoms with Crippen molar-refractivity contribution in [2.24, 2.45) is 11.3 Å². The molecule has 0 radical (unpaired) electrons. The van der Waals surface area contributed by atoms with Crippen molar-refractivity contribution in [2.75, 3.05) is 13.1 Å². The van der Waals surface area contributed by atoms with E-state index in [-0.39, 0.29) is 13.0 Å². The van der Waals surface area contributed by atoms with Crippen molar-refractivity contribution in [3.63, 3.8) is 0 Å². The Bertz CT molecular complexity index is 244. The summed E-state index contributed by atoms with van der Waals surface area (Å²) in [4.78, 5) is 10.6. The summed E-state index contributed by atoms with van der Waals surface area (Å²) in [6, 6.07) is 0. The van der Waals surface area contributed by atoms with Crippen LogP contribution in [-0.2, 0) is 4.79 Å². The Hall–Kier alpha value is -0.710. The van der Waals surface area contributed by atoms with Gasteiger partial charge in [0.05, 0.1) is 0 Å². The maximum absolute atomic E-state index is 13.0. The predicted octanol–water partition coefficient (Wildman–Crippen LogP) is 0.316. The molecule has 5 heteroatoms. The highest BCUT2D eigenvalue weighted by molar-refractivity contribution is 5.82. The molecule has 12 heavy (non-hydrogen) atoms. The van der Waals surface area contributed by atoms with Crippen LogP contribution in [0.5, 0.6) is 0 Å². The first kappa shape index (κ1) is 7.91. The number of hydrogen-bond donors (Lipinski definition) is 2. The van der Waals surface area contributed by atoms with E-state index in [9.17, 15) is 13.6 Å². The van der Waals surface area contributed by atoms with Gasteiger partial charge >= 0.3 is 5.97 Å². The van der Waals surface area contributed by atoms with Crippen LogP contribution in [0.3, 0.4) is 0 Å². The molecule has 2 fully saturated rings. The van der Waals surface area contributed by atoms with Crippen LogP contribution in [0.15, 0.2) is 0 Å². The lowest BCUT2D eigenvalue weighted by Crippen LogP contribution is -2.38. The monoisotopic (exact) mass is 177 g/mol. The van der Waals surface area contributed by atoms with Gasteiger partial charge in [-0.1, -0.05) is 0 Å². The van der Waals surface area contributed by atoms with Crippen LogP contribution in [-0.4, -0.2) is 30.1 Å². The first-order valence-corrected chi connectivity index (χ1v) is 3.85. The molecule has 0 spiro atoms. The van der Waals surface area contributed by atoms with Crippen molar-refractivity contribution >= 4 is 5.97 Å². The van der Waals surface area contributed by atoms with Gasteiger partial charge in [0.25, 0.3) is 5.92 Å². The third-order valence-corrected chi connectivity index (χ3v) is 2.94. The molecule has 2 N–H and O–H groups in total. The van der Waals surface area contributed by atoms with E-state index in [4.69, 9.17) is 5.11 Å². The predicted molar refractivity (Wildman–Crippen MR) is 36.0 cm³/mol. The molecular weight excluding hydrogens is 168 g/mol. The van der Waals surface area contributed by atoms with Crippen molar-refractivity contribution < 1.29 is 18.7 Å². The molecule has 2 rings (SSSR count). The molecule has 1 saturated carbocycles. The largest absolute Gasteiger partial charge is 0.481 e. The van der Waals surface area contributed by atoms with Gasteiger partial charge in [-0.05, 0) is 13.0 Å². The number of aliphatic carboxylic acids is 1. The third-order valence-electron chi connectivity index (χ3n) is 2.94. The molecule has 1 heterocycles. The Labute approximate surface area is 67.8 Å². The molecular formula is C7H9F2NO2. The lowest BCUT2D eigenvalue weighted by molar-refractivity contribution is -0.147. The summed E-state index contributed by atoms with van der Waals surface area (Å²) < 4.78 is 26.0. The van der Waals surface area contributed by atoms with Crippen LogP contribution in [0.4, 0.5) is 8.78 Å². The minimum atomic E-state index is -3.00. The molecule has 1 aliphatic carbocycles. The van der Waals surface area contributed by atoms with E-state index in [1.807, 2.05) is 0 Å². The van der Waals surface area contributed by atoms with Crippen molar-refractivity contribution in [3.05, 3.63) is 0 Å². The number of carboxylic acids is 1. The lowest BCUT2D eigenvalue weighted by Gasteiger charge is -2.16. The van der Waals surface area contributed by atoms with Gasteiger partial charge in [-0.3, -0.25) is 4.79 Å². The molecule has 0 aromatic heterocycles. The van der Waals surface area contributed by atoms with Crippen molar-refractivity contribution in [1.29, 1.82) is 0 Å². The molecule has 0 unspecified atom stereocenters. The third kappa shape index (κ3) is 0.612. The smallest absolute Gasteiger partial charge is 0.317 e. The number of piperidine rings is 1. The second-order valence-electron chi connectivity index (χ2n) is 3.42. The van der Waals surface area contributed by atoms with Gasteiger partial charge < -0.3 is 10.4 Å². The average molecular weight is 177 g/mol. The number of hydrogen-bond acceptors (Lipinski definition) is 2. The molecule has 0 amide bonds. The van der Waals surface area contributed by atoms with E-state index in [2.05, 4.69) is 5.32 Å². The van der Waals surface area contributed by atoms with E-state index in [1.54, 1.807) is 0 Å². The fourth-order valence-corrected chi connectivity index (χ4v) is 2.10. The zero-order chi connectivity index (χ0) is 8.98. The Morgan fingerprint density at radius 3 is 2.67 bits per heavy atom. The first-order valence-electron chi connectivity index (χ1n) is 3.85. The number of halogens is 2. The molecule has 0 bridgehead atoms. The van der Waals surface area contributed by atoms with Crippen LogP contribution in [0.2, 0.25) is 0 Å². The molecule has 3 nitrogen and oxygen atoms in total.